The van der Waals surface area contributed by atoms with Gasteiger partial charge in [-0.3, -0.25) is 14.5 Å². The number of carbonyl (C=O) groups is 5. The van der Waals surface area contributed by atoms with Crippen molar-refractivity contribution >= 4 is 64.9 Å². The minimum absolute atomic E-state index is 0.169. The van der Waals surface area contributed by atoms with Gasteiger partial charge in [-0.05, 0) is 48.7 Å². The van der Waals surface area contributed by atoms with Crippen molar-refractivity contribution < 1.29 is 38.6 Å². The SMILES string of the molecule is CO[C@@]1(NC(=O)C(C=O)c2ccc(OC(=O)c3ccccc3)c(C)c2)C(=O)N2C(C(=O)O)=C(CSc3nnc(C)s3)CS[C@H]21. The maximum atomic E-state index is 13.5. The van der Waals surface area contributed by atoms with Crippen LogP contribution in [0.15, 0.2) is 64.1 Å². The van der Waals surface area contributed by atoms with Crippen LogP contribution in [0.2, 0.25) is 0 Å². The van der Waals surface area contributed by atoms with Crippen LogP contribution >= 0.6 is 34.9 Å². The Morgan fingerprint density at radius 2 is 1.95 bits per heavy atom. The van der Waals surface area contributed by atoms with Crippen molar-refractivity contribution in [2.45, 2.75) is 35.2 Å². The smallest absolute Gasteiger partial charge is 0.352 e. The highest BCUT2D eigenvalue weighted by Crippen LogP contribution is 2.47. The third-order valence-electron chi connectivity index (χ3n) is 7.01. The van der Waals surface area contributed by atoms with Gasteiger partial charge in [0.05, 0.1) is 5.56 Å². The highest BCUT2D eigenvalue weighted by molar-refractivity contribution is 8.01. The topological polar surface area (TPSA) is 165 Å². The van der Waals surface area contributed by atoms with E-state index in [1.54, 1.807) is 43.3 Å². The van der Waals surface area contributed by atoms with Crippen LogP contribution in [0.1, 0.15) is 32.4 Å². The Kier molecular flexibility index (Phi) is 9.20. The van der Waals surface area contributed by atoms with Crippen LogP contribution in [0, 0.1) is 13.8 Å². The summed E-state index contributed by atoms with van der Waals surface area (Å²) in [6.45, 7) is 3.48. The van der Waals surface area contributed by atoms with Crippen molar-refractivity contribution in [1.82, 2.24) is 20.4 Å². The summed E-state index contributed by atoms with van der Waals surface area (Å²) < 4.78 is 11.7. The van der Waals surface area contributed by atoms with Crippen LogP contribution in [-0.2, 0) is 23.9 Å². The lowest BCUT2D eigenvalue weighted by atomic mass is 9.94. The number of carboxylic acid groups (broad SMARTS) is 1. The number of methoxy groups -OCH3 is 1. The number of rotatable bonds is 11. The molecule has 44 heavy (non-hydrogen) atoms. The molecule has 228 valence electrons. The number of β-lactam (4-membered cyclic amide) rings is 1. The molecule has 3 atom stereocenters. The highest BCUT2D eigenvalue weighted by atomic mass is 32.2. The van der Waals surface area contributed by atoms with Crippen LogP contribution in [0.5, 0.6) is 5.75 Å². The van der Waals surface area contributed by atoms with Gasteiger partial charge in [0.1, 0.15) is 34.0 Å². The summed E-state index contributed by atoms with van der Waals surface area (Å²) in [6.07, 6.45) is 0.436. The van der Waals surface area contributed by atoms with E-state index in [0.717, 1.165) is 9.91 Å². The summed E-state index contributed by atoms with van der Waals surface area (Å²) in [5.74, 6) is -3.93. The molecule has 0 spiro atoms. The fourth-order valence-electron chi connectivity index (χ4n) is 4.81. The number of benzene rings is 2. The van der Waals surface area contributed by atoms with Gasteiger partial charge in [-0.2, -0.15) is 0 Å². The molecule has 3 heterocycles. The Bertz CT molecular complexity index is 1680. The highest BCUT2D eigenvalue weighted by Gasteiger charge is 2.66. The minimum Gasteiger partial charge on any atom is -0.477 e. The number of carboxylic acids is 1. The number of esters is 1. The quantitative estimate of drug-likeness (QED) is 0.0591. The van der Waals surface area contributed by atoms with Gasteiger partial charge in [-0.15, -0.1) is 22.0 Å². The van der Waals surface area contributed by atoms with Crippen molar-refractivity contribution in [2.24, 2.45) is 0 Å². The maximum Gasteiger partial charge on any atom is 0.352 e. The number of carbonyl (C=O) groups excluding carboxylic acids is 4. The van der Waals surface area contributed by atoms with Crippen molar-refractivity contribution in [3.63, 3.8) is 0 Å². The third-order valence-corrected chi connectivity index (χ3v) is 10.4. The second kappa shape index (κ2) is 12.9. The zero-order chi connectivity index (χ0) is 31.6. The van der Waals surface area contributed by atoms with Gasteiger partial charge in [0.25, 0.3) is 11.6 Å². The Balaban J connectivity index is 1.31. The molecule has 1 unspecified atom stereocenters. The number of aryl methyl sites for hydroxylation is 2. The first-order valence-corrected chi connectivity index (χ1v) is 16.0. The molecule has 3 aromatic rings. The molecule has 15 heteroatoms. The Morgan fingerprint density at radius 1 is 1.20 bits per heavy atom. The first-order valence-electron chi connectivity index (χ1n) is 13.1. The molecule has 2 aliphatic rings. The van der Waals surface area contributed by atoms with E-state index >= 15 is 0 Å². The van der Waals surface area contributed by atoms with E-state index in [0.29, 0.717) is 32.9 Å². The van der Waals surface area contributed by atoms with Crippen molar-refractivity contribution in [1.29, 1.82) is 0 Å². The average molecular weight is 655 g/mol. The zero-order valence-electron chi connectivity index (χ0n) is 23.6. The normalized spacial score (nSPS) is 19.9. The average Bonchev–Trinajstić information content (AvgIpc) is 3.44. The number of hydrogen-bond donors (Lipinski definition) is 2. The van der Waals surface area contributed by atoms with E-state index in [1.807, 2.05) is 6.92 Å². The molecule has 2 amide bonds. The fraction of sp³-hybridized carbons (Fsp3) is 0.276. The number of thioether (sulfide) groups is 2. The van der Waals surface area contributed by atoms with Crippen molar-refractivity contribution in [2.75, 3.05) is 18.6 Å². The Morgan fingerprint density at radius 3 is 2.57 bits per heavy atom. The van der Waals surface area contributed by atoms with E-state index in [9.17, 15) is 29.1 Å². The van der Waals surface area contributed by atoms with E-state index in [4.69, 9.17) is 9.47 Å². The van der Waals surface area contributed by atoms with Crippen LogP contribution < -0.4 is 10.1 Å². The standard InChI is InChI=1S/C29H26N4O8S3/c1-15-11-18(9-10-21(15)41-25(38)17-7-5-4-6-8-17)20(12-34)23(35)30-29(40-3)26(39)33-22(24(36)37)19(13-42-27(29)33)14-43-28-32-31-16(2)44-28/h4-12,20,27H,13-14H2,1-3H3,(H,30,35)(H,36,37)/t20?,27-,29-/m0/s1. The molecule has 2 N–H and O–H groups in total. The van der Waals surface area contributed by atoms with Crippen molar-refractivity contribution in [3.8, 4) is 5.75 Å². The minimum atomic E-state index is -1.88. The van der Waals surface area contributed by atoms with Crippen LogP contribution in [0.4, 0.5) is 0 Å². The number of nitrogens with zero attached hydrogens (tertiary/aromatic N) is 3. The lowest BCUT2D eigenvalue weighted by Gasteiger charge is -2.56. The monoisotopic (exact) mass is 654 g/mol. The number of nitrogens with one attached hydrogen (secondary N) is 1. The van der Waals surface area contributed by atoms with E-state index in [-0.39, 0.29) is 23.0 Å². The van der Waals surface area contributed by atoms with Crippen LogP contribution in [-0.4, -0.2) is 80.0 Å². The summed E-state index contributed by atoms with van der Waals surface area (Å²) in [5.41, 5.74) is -0.346. The molecule has 2 aromatic carbocycles. The number of aliphatic carboxylic acids is 1. The van der Waals surface area contributed by atoms with Gasteiger partial charge in [0, 0.05) is 18.6 Å². The van der Waals surface area contributed by atoms with E-state index in [1.165, 1.54) is 54.1 Å². The predicted octanol–water partition coefficient (Wildman–Crippen LogP) is 3.16. The summed E-state index contributed by atoms with van der Waals surface area (Å²) in [6, 6.07) is 13.0. The summed E-state index contributed by atoms with van der Waals surface area (Å²) in [5, 5.41) is 20.5. The van der Waals surface area contributed by atoms with Crippen molar-refractivity contribution in [3.05, 3.63) is 81.5 Å². The number of aromatic nitrogens is 2. The molecule has 0 aliphatic carbocycles. The number of ether oxygens (including phenoxy) is 2. The molecular weight excluding hydrogens is 629 g/mol. The number of hydrogen-bond acceptors (Lipinski definition) is 12. The number of amides is 2. The van der Waals surface area contributed by atoms with E-state index < -0.39 is 40.8 Å². The molecule has 1 saturated heterocycles. The molecular formula is C29H26N4O8S3. The largest absolute Gasteiger partial charge is 0.477 e. The van der Waals surface area contributed by atoms with Crippen LogP contribution in [0.25, 0.3) is 0 Å². The molecule has 0 radical (unpaired) electrons. The first kappa shape index (κ1) is 31.4. The summed E-state index contributed by atoms with van der Waals surface area (Å²) >= 11 is 3.96. The molecule has 12 nitrogen and oxygen atoms in total. The maximum absolute atomic E-state index is 13.5. The van der Waals surface area contributed by atoms with Gasteiger partial charge < -0.3 is 24.7 Å². The lowest BCUT2D eigenvalue weighted by molar-refractivity contribution is -0.192. The van der Waals surface area contributed by atoms with Gasteiger partial charge in [0.15, 0.2) is 4.34 Å². The molecule has 5 rings (SSSR count). The van der Waals surface area contributed by atoms with E-state index in [2.05, 4.69) is 15.5 Å². The number of fused-ring (bicyclic) bond motifs is 1. The van der Waals surface area contributed by atoms with Gasteiger partial charge >= 0.3 is 11.9 Å². The zero-order valence-corrected chi connectivity index (χ0v) is 26.1. The second-order valence-electron chi connectivity index (χ2n) is 9.79. The third kappa shape index (κ3) is 5.87. The number of aldehydes is 1. The summed E-state index contributed by atoms with van der Waals surface area (Å²) in [7, 11) is 1.24. The molecule has 1 fully saturated rings. The molecule has 1 aromatic heterocycles. The van der Waals surface area contributed by atoms with Gasteiger partial charge in [-0.25, -0.2) is 9.59 Å². The first-order chi connectivity index (χ1) is 21.1. The Hall–Kier alpha value is -4.05. The predicted molar refractivity (Wildman–Crippen MR) is 162 cm³/mol. The van der Waals surface area contributed by atoms with Crippen LogP contribution in [0.3, 0.4) is 0 Å². The second-order valence-corrected chi connectivity index (χ2v) is 13.3. The molecule has 0 saturated carbocycles. The Labute approximate surface area is 264 Å². The fourth-order valence-corrected chi connectivity index (χ4v) is 8.20. The summed E-state index contributed by atoms with van der Waals surface area (Å²) in [4.78, 5) is 64.9. The lowest BCUT2D eigenvalue weighted by Crippen LogP contribution is -2.81. The molecule has 0 bridgehead atoms. The van der Waals surface area contributed by atoms with Gasteiger partial charge in [0.2, 0.25) is 5.91 Å². The van der Waals surface area contributed by atoms with Gasteiger partial charge in [-0.1, -0.05) is 53.4 Å². The molecule has 2 aliphatic heterocycles.